The lowest BCUT2D eigenvalue weighted by atomic mass is 9.88. The van der Waals surface area contributed by atoms with Crippen molar-refractivity contribution in [1.29, 1.82) is 0 Å². The molecule has 3 atom stereocenters. The van der Waals surface area contributed by atoms with E-state index in [1.165, 1.54) is 24.0 Å². The number of rotatable bonds is 4. The molecule has 3 unspecified atom stereocenters. The van der Waals surface area contributed by atoms with Gasteiger partial charge < -0.3 is 5.32 Å². The van der Waals surface area contributed by atoms with E-state index in [0.29, 0.717) is 18.4 Å². The lowest BCUT2D eigenvalue weighted by Gasteiger charge is -2.20. The number of para-hydroxylation sites is 1. The molecule has 0 saturated heterocycles. The molecular formula is C17H20N2OS. The van der Waals surface area contributed by atoms with Crippen molar-refractivity contribution >= 4 is 27.5 Å². The number of thiazole rings is 1. The van der Waals surface area contributed by atoms with Gasteiger partial charge in [0.05, 0.1) is 15.2 Å². The van der Waals surface area contributed by atoms with Crippen LogP contribution in [-0.2, 0) is 11.2 Å². The quantitative estimate of drug-likeness (QED) is 0.940. The Morgan fingerprint density at radius 2 is 2.19 bits per heavy atom. The predicted octanol–water partition coefficient (Wildman–Crippen LogP) is 3.39. The summed E-state index contributed by atoms with van der Waals surface area (Å²) in [6.45, 7) is 0.715. The van der Waals surface area contributed by atoms with Crippen LogP contribution in [0.25, 0.3) is 10.2 Å². The van der Waals surface area contributed by atoms with Gasteiger partial charge in [0, 0.05) is 18.9 Å². The van der Waals surface area contributed by atoms with E-state index in [1.807, 2.05) is 18.2 Å². The first-order valence-electron chi connectivity index (χ1n) is 7.92. The number of nitrogens with zero attached hydrogens (tertiary/aromatic N) is 1. The third kappa shape index (κ3) is 2.57. The first kappa shape index (κ1) is 13.3. The van der Waals surface area contributed by atoms with Crippen molar-refractivity contribution in [3.63, 3.8) is 0 Å². The SMILES string of the molecule is O=C(NCCc1nc2ccccc2s1)C1CC2CCC1C2. The molecule has 2 aliphatic carbocycles. The van der Waals surface area contributed by atoms with Gasteiger partial charge >= 0.3 is 0 Å². The maximum absolute atomic E-state index is 12.3. The number of hydrogen-bond donors (Lipinski definition) is 1. The van der Waals surface area contributed by atoms with Gasteiger partial charge in [-0.25, -0.2) is 4.98 Å². The summed E-state index contributed by atoms with van der Waals surface area (Å²) < 4.78 is 1.23. The fourth-order valence-corrected chi connectivity index (χ4v) is 4.98. The van der Waals surface area contributed by atoms with Gasteiger partial charge in [-0.05, 0) is 43.2 Å². The van der Waals surface area contributed by atoms with E-state index >= 15 is 0 Å². The Kier molecular flexibility index (Phi) is 3.42. The normalized spacial score (nSPS) is 27.3. The molecule has 21 heavy (non-hydrogen) atoms. The number of carbonyl (C=O) groups is 1. The van der Waals surface area contributed by atoms with Crippen molar-refractivity contribution in [2.45, 2.75) is 32.1 Å². The summed E-state index contributed by atoms with van der Waals surface area (Å²) in [4.78, 5) is 16.9. The van der Waals surface area contributed by atoms with Crippen LogP contribution in [0.5, 0.6) is 0 Å². The van der Waals surface area contributed by atoms with E-state index in [-0.39, 0.29) is 5.91 Å². The number of hydrogen-bond acceptors (Lipinski definition) is 3. The van der Waals surface area contributed by atoms with Crippen LogP contribution in [0.4, 0.5) is 0 Å². The Morgan fingerprint density at radius 1 is 1.29 bits per heavy atom. The molecule has 2 aromatic rings. The zero-order valence-corrected chi connectivity index (χ0v) is 12.9. The van der Waals surface area contributed by atoms with Crippen molar-refractivity contribution < 1.29 is 4.79 Å². The molecule has 1 aromatic heterocycles. The number of benzene rings is 1. The summed E-state index contributed by atoms with van der Waals surface area (Å²) in [6, 6.07) is 8.21. The molecule has 1 N–H and O–H groups in total. The second-order valence-corrected chi connectivity index (χ2v) is 7.51. The van der Waals surface area contributed by atoms with Gasteiger partial charge in [0.25, 0.3) is 0 Å². The molecule has 1 amide bonds. The fraction of sp³-hybridized carbons (Fsp3) is 0.529. The van der Waals surface area contributed by atoms with Crippen LogP contribution >= 0.6 is 11.3 Å². The summed E-state index contributed by atoms with van der Waals surface area (Å²) in [5.41, 5.74) is 1.07. The highest BCUT2D eigenvalue weighted by Gasteiger charge is 2.42. The van der Waals surface area contributed by atoms with Gasteiger partial charge in [-0.1, -0.05) is 18.6 Å². The Balaban J connectivity index is 1.32. The van der Waals surface area contributed by atoms with Crippen LogP contribution in [0.2, 0.25) is 0 Å². The van der Waals surface area contributed by atoms with Crippen molar-refractivity contribution in [2.75, 3.05) is 6.54 Å². The van der Waals surface area contributed by atoms with Crippen molar-refractivity contribution in [1.82, 2.24) is 10.3 Å². The van der Waals surface area contributed by atoms with E-state index in [2.05, 4.69) is 16.4 Å². The number of carbonyl (C=O) groups excluding carboxylic acids is 1. The Morgan fingerprint density at radius 3 is 2.95 bits per heavy atom. The molecular weight excluding hydrogens is 280 g/mol. The van der Waals surface area contributed by atoms with Crippen molar-refractivity contribution in [3.8, 4) is 0 Å². The lowest BCUT2D eigenvalue weighted by Crippen LogP contribution is -2.34. The first-order valence-corrected chi connectivity index (χ1v) is 8.73. The Labute approximate surface area is 128 Å². The second-order valence-electron chi connectivity index (χ2n) is 6.40. The highest BCUT2D eigenvalue weighted by Crippen LogP contribution is 2.48. The van der Waals surface area contributed by atoms with E-state index in [0.717, 1.165) is 29.3 Å². The minimum absolute atomic E-state index is 0.281. The van der Waals surface area contributed by atoms with Gasteiger partial charge in [0.2, 0.25) is 5.91 Å². The Hall–Kier alpha value is -1.42. The number of fused-ring (bicyclic) bond motifs is 3. The molecule has 2 saturated carbocycles. The van der Waals surface area contributed by atoms with Gasteiger partial charge in [0.15, 0.2) is 0 Å². The molecule has 2 bridgehead atoms. The number of aromatic nitrogens is 1. The second kappa shape index (κ2) is 5.41. The smallest absolute Gasteiger partial charge is 0.223 e. The van der Waals surface area contributed by atoms with Gasteiger partial charge in [-0.15, -0.1) is 11.3 Å². The van der Waals surface area contributed by atoms with Crippen LogP contribution in [0.1, 0.15) is 30.7 Å². The standard InChI is InChI=1S/C17H20N2OS/c20-17(13-10-11-5-6-12(13)9-11)18-8-7-16-19-14-3-1-2-4-15(14)21-16/h1-4,11-13H,5-10H2,(H,18,20). The minimum Gasteiger partial charge on any atom is -0.355 e. The van der Waals surface area contributed by atoms with Crippen LogP contribution in [0.3, 0.4) is 0 Å². The Bertz CT molecular complexity index is 633. The monoisotopic (exact) mass is 300 g/mol. The van der Waals surface area contributed by atoms with E-state index in [9.17, 15) is 4.79 Å². The summed E-state index contributed by atoms with van der Waals surface area (Å²) in [7, 11) is 0. The van der Waals surface area contributed by atoms with Gasteiger partial charge in [-0.3, -0.25) is 4.79 Å². The highest BCUT2D eigenvalue weighted by atomic mass is 32.1. The summed E-state index contributed by atoms with van der Waals surface area (Å²) in [5.74, 6) is 2.06. The fourth-order valence-electron chi connectivity index (χ4n) is 4.02. The molecule has 3 nitrogen and oxygen atoms in total. The minimum atomic E-state index is 0.281. The van der Waals surface area contributed by atoms with E-state index < -0.39 is 0 Å². The van der Waals surface area contributed by atoms with Crippen LogP contribution in [0, 0.1) is 17.8 Å². The first-order chi connectivity index (χ1) is 10.3. The summed E-state index contributed by atoms with van der Waals surface area (Å²) in [5, 5.41) is 4.25. The molecule has 2 aliphatic rings. The molecule has 4 rings (SSSR count). The molecule has 0 radical (unpaired) electrons. The summed E-state index contributed by atoms with van der Waals surface area (Å²) >= 11 is 1.73. The van der Waals surface area contributed by atoms with Crippen LogP contribution in [-0.4, -0.2) is 17.4 Å². The average Bonchev–Trinajstić information content (AvgIpc) is 3.21. The van der Waals surface area contributed by atoms with Gasteiger partial charge in [-0.2, -0.15) is 0 Å². The van der Waals surface area contributed by atoms with E-state index in [1.54, 1.807) is 11.3 Å². The topological polar surface area (TPSA) is 42.0 Å². The third-order valence-corrected chi connectivity index (χ3v) is 6.15. The van der Waals surface area contributed by atoms with Crippen molar-refractivity contribution in [3.05, 3.63) is 29.3 Å². The molecule has 0 aliphatic heterocycles. The predicted molar refractivity (Wildman–Crippen MR) is 85.3 cm³/mol. The molecule has 110 valence electrons. The number of nitrogens with one attached hydrogen (secondary N) is 1. The molecule has 1 aromatic carbocycles. The largest absolute Gasteiger partial charge is 0.355 e. The zero-order chi connectivity index (χ0) is 14.2. The maximum Gasteiger partial charge on any atom is 0.223 e. The maximum atomic E-state index is 12.3. The molecule has 1 heterocycles. The van der Waals surface area contributed by atoms with Crippen LogP contribution in [0.15, 0.2) is 24.3 Å². The number of amides is 1. The highest BCUT2D eigenvalue weighted by molar-refractivity contribution is 7.18. The van der Waals surface area contributed by atoms with E-state index in [4.69, 9.17) is 0 Å². The van der Waals surface area contributed by atoms with Gasteiger partial charge in [0.1, 0.15) is 0 Å². The zero-order valence-electron chi connectivity index (χ0n) is 12.0. The lowest BCUT2D eigenvalue weighted by molar-refractivity contribution is -0.126. The third-order valence-electron chi connectivity index (χ3n) is 5.05. The van der Waals surface area contributed by atoms with Crippen molar-refractivity contribution in [2.24, 2.45) is 17.8 Å². The summed E-state index contributed by atoms with van der Waals surface area (Å²) in [6.07, 6.45) is 5.86. The van der Waals surface area contributed by atoms with Crippen LogP contribution < -0.4 is 5.32 Å². The molecule has 0 spiro atoms. The molecule has 4 heteroatoms. The molecule has 2 fully saturated rings. The average molecular weight is 300 g/mol.